The number of hydrogen-bond acceptors (Lipinski definition) is 8. The van der Waals surface area contributed by atoms with Gasteiger partial charge in [0.05, 0.1) is 18.4 Å². The highest BCUT2D eigenvalue weighted by atomic mass is 32.2. The predicted octanol–water partition coefficient (Wildman–Crippen LogP) is 5.43. The summed E-state index contributed by atoms with van der Waals surface area (Å²) in [6.45, 7) is 6.60. The van der Waals surface area contributed by atoms with Gasteiger partial charge in [0.15, 0.2) is 5.82 Å². The zero-order chi connectivity index (χ0) is 23.4. The smallest absolute Gasteiger partial charge is 0.210 e. The highest BCUT2D eigenvalue weighted by Crippen LogP contribution is 2.33. The molecule has 0 radical (unpaired) electrons. The second-order valence-corrected chi connectivity index (χ2v) is 9.69. The standard InChI is InChI=1S/C24H27N5O2S2/c1-15(2)18-10-9-16(3)11-21(18)31-12-22-27-28-24(29(22)25)33-14-17-13-32-23(26-17)19-7-5-6-8-20(19)30-4/h5-11,13,15H,12,14,25H2,1-4H3. The molecule has 33 heavy (non-hydrogen) atoms. The van der Waals surface area contributed by atoms with Crippen LogP contribution >= 0.6 is 23.1 Å². The predicted molar refractivity (Wildman–Crippen MR) is 133 cm³/mol. The lowest BCUT2D eigenvalue weighted by molar-refractivity contribution is 0.287. The van der Waals surface area contributed by atoms with E-state index in [1.165, 1.54) is 16.4 Å². The van der Waals surface area contributed by atoms with E-state index in [2.05, 4.69) is 43.1 Å². The summed E-state index contributed by atoms with van der Waals surface area (Å²) >= 11 is 3.08. The molecule has 0 spiro atoms. The quantitative estimate of drug-likeness (QED) is 0.252. The number of hydrogen-bond donors (Lipinski definition) is 1. The zero-order valence-corrected chi connectivity index (χ0v) is 20.7. The largest absolute Gasteiger partial charge is 0.496 e. The van der Waals surface area contributed by atoms with Gasteiger partial charge in [-0.15, -0.1) is 21.5 Å². The summed E-state index contributed by atoms with van der Waals surface area (Å²) in [4.78, 5) is 4.75. The summed E-state index contributed by atoms with van der Waals surface area (Å²) in [6, 6.07) is 14.1. The normalized spacial score (nSPS) is 11.2. The maximum atomic E-state index is 6.25. The van der Waals surface area contributed by atoms with Crippen molar-refractivity contribution < 1.29 is 9.47 Å². The van der Waals surface area contributed by atoms with Crippen LogP contribution in [-0.2, 0) is 12.4 Å². The van der Waals surface area contributed by atoms with E-state index in [-0.39, 0.29) is 6.61 Å². The summed E-state index contributed by atoms with van der Waals surface area (Å²) < 4.78 is 13.0. The molecule has 0 aliphatic rings. The minimum absolute atomic E-state index is 0.252. The van der Waals surface area contributed by atoms with Gasteiger partial charge >= 0.3 is 0 Å². The molecule has 2 heterocycles. The van der Waals surface area contributed by atoms with Gasteiger partial charge in [0.25, 0.3) is 0 Å². The first-order chi connectivity index (χ1) is 16.0. The van der Waals surface area contributed by atoms with E-state index >= 15 is 0 Å². The van der Waals surface area contributed by atoms with Gasteiger partial charge in [-0.3, -0.25) is 0 Å². The lowest BCUT2D eigenvalue weighted by Gasteiger charge is -2.14. The molecule has 0 saturated heterocycles. The van der Waals surface area contributed by atoms with Gasteiger partial charge in [-0.2, -0.15) is 0 Å². The van der Waals surface area contributed by atoms with Gasteiger partial charge in [-0.25, -0.2) is 9.66 Å². The van der Waals surface area contributed by atoms with Crippen LogP contribution in [0.4, 0.5) is 0 Å². The van der Waals surface area contributed by atoms with Crippen LogP contribution < -0.4 is 15.3 Å². The number of benzene rings is 2. The Kier molecular flexibility index (Phi) is 7.20. The average Bonchev–Trinajstić information content (AvgIpc) is 3.42. The molecule has 2 N–H and O–H groups in total. The summed E-state index contributed by atoms with van der Waals surface area (Å²) in [5, 5.41) is 12.0. The number of ether oxygens (including phenoxy) is 2. The molecule has 0 saturated carbocycles. The molecule has 2 aromatic carbocycles. The lowest BCUT2D eigenvalue weighted by Crippen LogP contribution is -2.16. The van der Waals surface area contributed by atoms with Crippen molar-refractivity contribution in [3.05, 3.63) is 70.5 Å². The van der Waals surface area contributed by atoms with E-state index in [0.717, 1.165) is 38.9 Å². The fourth-order valence-electron chi connectivity index (χ4n) is 3.35. The third kappa shape index (κ3) is 5.31. The maximum absolute atomic E-state index is 6.25. The number of aryl methyl sites for hydroxylation is 1. The van der Waals surface area contributed by atoms with Crippen molar-refractivity contribution in [1.29, 1.82) is 0 Å². The first-order valence-corrected chi connectivity index (χ1v) is 12.5. The highest BCUT2D eigenvalue weighted by Gasteiger charge is 2.15. The van der Waals surface area contributed by atoms with Crippen molar-refractivity contribution in [2.45, 2.75) is 44.2 Å². The lowest BCUT2D eigenvalue weighted by atomic mass is 10.0. The van der Waals surface area contributed by atoms with E-state index in [0.29, 0.717) is 22.7 Å². The van der Waals surface area contributed by atoms with Gasteiger partial charge < -0.3 is 15.3 Å². The van der Waals surface area contributed by atoms with Crippen LogP contribution in [0.5, 0.6) is 11.5 Å². The van der Waals surface area contributed by atoms with Crippen molar-refractivity contribution >= 4 is 23.1 Å². The summed E-state index contributed by atoms with van der Waals surface area (Å²) in [5.41, 5.74) is 4.25. The Balaban J connectivity index is 1.40. The van der Waals surface area contributed by atoms with Crippen molar-refractivity contribution in [3.8, 4) is 22.1 Å². The van der Waals surface area contributed by atoms with Gasteiger partial charge in [0, 0.05) is 11.1 Å². The summed E-state index contributed by atoms with van der Waals surface area (Å²) in [7, 11) is 1.67. The Morgan fingerprint density at radius 1 is 1.12 bits per heavy atom. The number of nitrogen functional groups attached to an aromatic ring is 1. The van der Waals surface area contributed by atoms with Gasteiger partial charge in [0.1, 0.15) is 23.1 Å². The maximum Gasteiger partial charge on any atom is 0.210 e. The van der Waals surface area contributed by atoms with Gasteiger partial charge in [0.2, 0.25) is 5.16 Å². The minimum atomic E-state index is 0.252. The zero-order valence-electron chi connectivity index (χ0n) is 19.1. The van der Waals surface area contributed by atoms with E-state index in [9.17, 15) is 0 Å². The van der Waals surface area contributed by atoms with Crippen molar-refractivity contribution in [2.24, 2.45) is 0 Å². The molecular formula is C24H27N5O2S2. The molecule has 0 bridgehead atoms. The van der Waals surface area contributed by atoms with Crippen molar-refractivity contribution in [1.82, 2.24) is 19.9 Å². The minimum Gasteiger partial charge on any atom is -0.496 e. The first kappa shape index (κ1) is 23.1. The van der Waals surface area contributed by atoms with E-state index in [1.807, 2.05) is 35.7 Å². The number of rotatable bonds is 9. The Morgan fingerprint density at radius 3 is 2.73 bits per heavy atom. The van der Waals surface area contributed by atoms with Crippen LogP contribution in [0.2, 0.25) is 0 Å². The number of methoxy groups -OCH3 is 1. The van der Waals surface area contributed by atoms with Crippen LogP contribution in [0.25, 0.3) is 10.6 Å². The fraction of sp³-hybridized carbons (Fsp3) is 0.292. The van der Waals surface area contributed by atoms with Crippen LogP contribution in [0, 0.1) is 6.92 Å². The summed E-state index contributed by atoms with van der Waals surface area (Å²) in [5.74, 6) is 9.49. The third-order valence-electron chi connectivity index (χ3n) is 5.12. The number of nitrogens with zero attached hydrogens (tertiary/aromatic N) is 4. The monoisotopic (exact) mass is 481 g/mol. The fourth-order valence-corrected chi connectivity index (χ4v) is 5.07. The number of aromatic nitrogens is 4. The molecule has 4 aromatic rings. The van der Waals surface area contributed by atoms with Crippen LogP contribution in [-0.4, -0.2) is 27.0 Å². The molecule has 9 heteroatoms. The first-order valence-electron chi connectivity index (χ1n) is 10.6. The number of thiazole rings is 1. The van der Waals surface area contributed by atoms with E-state index < -0.39 is 0 Å². The van der Waals surface area contributed by atoms with E-state index in [4.69, 9.17) is 20.3 Å². The van der Waals surface area contributed by atoms with Crippen LogP contribution in [0.15, 0.2) is 53.0 Å². The second-order valence-electron chi connectivity index (χ2n) is 7.89. The molecule has 0 unspecified atom stereocenters. The molecule has 172 valence electrons. The SMILES string of the molecule is COc1ccccc1-c1nc(CSc2nnc(COc3cc(C)ccc3C(C)C)n2N)cs1. The Morgan fingerprint density at radius 2 is 1.94 bits per heavy atom. The molecule has 0 aliphatic carbocycles. The molecule has 0 atom stereocenters. The van der Waals surface area contributed by atoms with Crippen LogP contribution in [0.1, 0.15) is 42.4 Å². The van der Waals surface area contributed by atoms with Gasteiger partial charge in [-0.05, 0) is 42.2 Å². The topological polar surface area (TPSA) is 88.1 Å². The highest BCUT2D eigenvalue weighted by molar-refractivity contribution is 7.98. The third-order valence-corrected chi connectivity index (χ3v) is 7.02. The van der Waals surface area contributed by atoms with E-state index in [1.54, 1.807) is 18.4 Å². The number of para-hydroxylation sites is 1. The average molecular weight is 482 g/mol. The Labute approximate surface area is 202 Å². The molecule has 0 fully saturated rings. The number of thioether (sulfide) groups is 1. The van der Waals surface area contributed by atoms with Crippen molar-refractivity contribution in [2.75, 3.05) is 13.0 Å². The molecular weight excluding hydrogens is 454 g/mol. The summed E-state index contributed by atoms with van der Waals surface area (Å²) in [6.07, 6.45) is 0. The van der Waals surface area contributed by atoms with Crippen molar-refractivity contribution in [3.63, 3.8) is 0 Å². The number of nitrogens with two attached hydrogens (primary N) is 1. The molecule has 0 aliphatic heterocycles. The molecule has 7 nitrogen and oxygen atoms in total. The Bertz CT molecular complexity index is 1240. The molecule has 0 amide bonds. The Hall–Kier alpha value is -3.04. The van der Waals surface area contributed by atoms with Crippen LogP contribution in [0.3, 0.4) is 0 Å². The van der Waals surface area contributed by atoms with Gasteiger partial charge in [-0.1, -0.05) is 49.9 Å². The second kappa shape index (κ2) is 10.3. The molecule has 4 rings (SSSR count). The molecule has 2 aromatic heterocycles.